The summed E-state index contributed by atoms with van der Waals surface area (Å²) >= 11 is 0. The van der Waals surface area contributed by atoms with Crippen LogP contribution in [-0.2, 0) is 0 Å². The van der Waals surface area contributed by atoms with E-state index in [1.165, 1.54) is 0 Å². The molecule has 1 amide bonds. The lowest BCUT2D eigenvalue weighted by Gasteiger charge is -2.07. The monoisotopic (exact) mass is 294 g/mol. The first-order chi connectivity index (χ1) is 10.8. The van der Waals surface area contributed by atoms with Crippen molar-refractivity contribution in [3.63, 3.8) is 0 Å². The molecular formula is C18H18N2O2. The van der Waals surface area contributed by atoms with Gasteiger partial charge >= 0.3 is 0 Å². The van der Waals surface area contributed by atoms with Gasteiger partial charge in [0, 0.05) is 12.1 Å². The van der Waals surface area contributed by atoms with E-state index in [0.29, 0.717) is 24.3 Å². The third-order valence-electron chi connectivity index (χ3n) is 3.14. The zero-order valence-electron chi connectivity index (χ0n) is 12.3. The van der Waals surface area contributed by atoms with E-state index in [-0.39, 0.29) is 5.91 Å². The first kappa shape index (κ1) is 15.6. The van der Waals surface area contributed by atoms with Crippen LogP contribution in [0.5, 0.6) is 5.75 Å². The molecule has 0 atom stereocenters. The fourth-order valence-electron chi connectivity index (χ4n) is 1.93. The second kappa shape index (κ2) is 8.48. The molecule has 0 saturated heterocycles. The van der Waals surface area contributed by atoms with Crippen LogP contribution in [0.25, 0.3) is 0 Å². The molecule has 1 N–H and O–H groups in total. The molecule has 4 nitrogen and oxygen atoms in total. The quantitative estimate of drug-likeness (QED) is 0.798. The van der Waals surface area contributed by atoms with Gasteiger partial charge in [0.1, 0.15) is 5.75 Å². The number of carbonyl (C=O) groups excluding carboxylic acids is 1. The minimum Gasteiger partial charge on any atom is -0.494 e. The Bertz CT molecular complexity index is 630. The predicted octanol–water partition coefficient (Wildman–Crippen LogP) is 3.15. The highest BCUT2D eigenvalue weighted by molar-refractivity contribution is 5.94. The molecule has 0 fully saturated rings. The molecule has 2 aromatic carbocycles. The van der Waals surface area contributed by atoms with Gasteiger partial charge in [-0.15, -0.1) is 0 Å². The molecule has 112 valence electrons. The molecule has 0 radical (unpaired) electrons. The number of unbranched alkanes of at least 4 members (excludes halogenated alkanes) is 1. The van der Waals surface area contributed by atoms with Crippen molar-refractivity contribution in [3.05, 3.63) is 65.7 Å². The molecule has 4 heteroatoms. The van der Waals surface area contributed by atoms with Crippen molar-refractivity contribution < 1.29 is 9.53 Å². The molecule has 0 aliphatic carbocycles. The van der Waals surface area contributed by atoms with Crippen LogP contribution in [0, 0.1) is 11.3 Å². The average Bonchev–Trinajstić information content (AvgIpc) is 2.58. The van der Waals surface area contributed by atoms with Crippen molar-refractivity contribution in [1.29, 1.82) is 5.26 Å². The summed E-state index contributed by atoms with van der Waals surface area (Å²) < 4.78 is 5.58. The number of ether oxygens (including phenoxy) is 1. The van der Waals surface area contributed by atoms with Gasteiger partial charge < -0.3 is 10.1 Å². The number of rotatable bonds is 7. The minimum absolute atomic E-state index is 0.117. The van der Waals surface area contributed by atoms with Gasteiger partial charge in [0.15, 0.2) is 0 Å². The van der Waals surface area contributed by atoms with Crippen LogP contribution in [0.3, 0.4) is 0 Å². The molecule has 0 aromatic heterocycles. The highest BCUT2D eigenvalue weighted by Crippen LogP contribution is 2.08. The van der Waals surface area contributed by atoms with Gasteiger partial charge in [-0.3, -0.25) is 4.79 Å². The van der Waals surface area contributed by atoms with Crippen LogP contribution in [0.4, 0.5) is 0 Å². The van der Waals surface area contributed by atoms with E-state index in [2.05, 4.69) is 5.32 Å². The normalized spacial score (nSPS) is 9.77. The number of hydrogen-bond acceptors (Lipinski definition) is 3. The zero-order chi connectivity index (χ0) is 15.6. The van der Waals surface area contributed by atoms with Crippen LogP contribution in [0.15, 0.2) is 54.6 Å². The first-order valence-corrected chi connectivity index (χ1v) is 7.26. The van der Waals surface area contributed by atoms with Crippen LogP contribution < -0.4 is 10.1 Å². The number of amides is 1. The van der Waals surface area contributed by atoms with Crippen LogP contribution in [-0.4, -0.2) is 19.1 Å². The summed E-state index contributed by atoms with van der Waals surface area (Å²) in [5.74, 6) is 0.748. The standard InChI is InChI=1S/C18H18N2O2/c19-14-15-8-10-16(11-9-15)18(21)20-12-4-5-13-22-17-6-2-1-3-7-17/h1-3,6-11H,4-5,12-13H2,(H,20,21). The topological polar surface area (TPSA) is 62.1 Å². The molecule has 0 unspecified atom stereocenters. The van der Waals surface area contributed by atoms with Crippen molar-refractivity contribution in [1.82, 2.24) is 5.32 Å². The molecule has 0 spiro atoms. The van der Waals surface area contributed by atoms with E-state index in [1.807, 2.05) is 36.4 Å². The summed E-state index contributed by atoms with van der Waals surface area (Å²) in [5, 5.41) is 11.6. The number of carbonyl (C=O) groups is 1. The molecule has 0 aliphatic rings. The Balaban J connectivity index is 1.62. The lowest BCUT2D eigenvalue weighted by atomic mass is 10.1. The van der Waals surface area contributed by atoms with Crippen LogP contribution in [0.2, 0.25) is 0 Å². The summed E-state index contributed by atoms with van der Waals surface area (Å²) in [4.78, 5) is 11.9. The number of para-hydroxylation sites is 1. The van der Waals surface area contributed by atoms with E-state index in [4.69, 9.17) is 10.00 Å². The fraction of sp³-hybridized carbons (Fsp3) is 0.222. The lowest BCUT2D eigenvalue weighted by molar-refractivity contribution is 0.0952. The molecule has 0 aliphatic heterocycles. The largest absolute Gasteiger partial charge is 0.494 e. The summed E-state index contributed by atoms with van der Waals surface area (Å²) in [6, 6.07) is 18.3. The highest BCUT2D eigenvalue weighted by Gasteiger charge is 2.04. The third-order valence-corrected chi connectivity index (χ3v) is 3.14. The van der Waals surface area contributed by atoms with E-state index < -0.39 is 0 Å². The Labute approximate surface area is 130 Å². The van der Waals surface area contributed by atoms with Gasteiger partial charge in [-0.25, -0.2) is 0 Å². The molecule has 0 heterocycles. The number of benzene rings is 2. The Morgan fingerprint density at radius 1 is 1.05 bits per heavy atom. The van der Waals surface area contributed by atoms with Gasteiger partial charge in [0.2, 0.25) is 0 Å². The lowest BCUT2D eigenvalue weighted by Crippen LogP contribution is -2.24. The third kappa shape index (κ3) is 4.95. The SMILES string of the molecule is N#Cc1ccc(C(=O)NCCCCOc2ccccc2)cc1. The Morgan fingerprint density at radius 2 is 1.77 bits per heavy atom. The molecule has 2 rings (SSSR count). The van der Waals surface area contributed by atoms with E-state index in [1.54, 1.807) is 24.3 Å². The van der Waals surface area contributed by atoms with Gasteiger partial charge in [0.05, 0.1) is 18.2 Å². The van der Waals surface area contributed by atoms with Crippen molar-refractivity contribution >= 4 is 5.91 Å². The Kier molecular flexibility index (Phi) is 6.01. The summed E-state index contributed by atoms with van der Waals surface area (Å²) in [7, 11) is 0. The van der Waals surface area contributed by atoms with Crippen molar-refractivity contribution in [2.75, 3.05) is 13.2 Å². The van der Waals surface area contributed by atoms with Crippen molar-refractivity contribution in [2.45, 2.75) is 12.8 Å². The fourth-order valence-corrected chi connectivity index (χ4v) is 1.93. The minimum atomic E-state index is -0.117. The van der Waals surface area contributed by atoms with Gasteiger partial charge in [-0.1, -0.05) is 18.2 Å². The molecule has 22 heavy (non-hydrogen) atoms. The number of nitriles is 1. The van der Waals surface area contributed by atoms with Crippen LogP contribution >= 0.6 is 0 Å². The molecule has 2 aromatic rings. The summed E-state index contributed by atoms with van der Waals surface area (Å²) in [6.07, 6.45) is 1.73. The van der Waals surface area contributed by atoms with Gasteiger partial charge in [0.25, 0.3) is 5.91 Å². The predicted molar refractivity (Wildman–Crippen MR) is 84.7 cm³/mol. The highest BCUT2D eigenvalue weighted by atomic mass is 16.5. The van der Waals surface area contributed by atoms with Crippen LogP contribution in [0.1, 0.15) is 28.8 Å². The average molecular weight is 294 g/mol. The van der Waals surface area contributed by atoms with E-state index in [9.17, 15) is 4.79 Å². The Morgan fingerprint density at radius 3 is 2.45 bits per heavy atom. The van der Waals surface area contributed by atoms with E-state index in [0.717, 1.165) is 18.6 Å². The molecule has 0 saturated carbocycles. The number of nitrogens with one attached hydrogen (secondary N) is 1. The maximum absolute atomic E-state index is 11.9. The first-order valence-electron chi connectivity index (χ1n) is 7.26. The van der Waals surface area contributed by atoms with Gasteiger partial charge in [-0.2, -0.15) is 5.26 Å². The maximum atomic E-state index is 11.9. The van der Waals surface area contributed by atoms with E-state index >= 15 is 0 Å². The van der Waals surface area contributed by atoms with Gasteiger partial charge in [-0.05, 0) is 49.2 Å². The Hall–Kier alpha value is -2.80. The smallest absolute Gasteiger partial charge is 0.251 e. The number of nitrogens with zero attached hydrogens (tertiary/aromatic N) is 1. The summed E-state index contributed by atoms with van der Waals surface area (Å²) in [5.41, 5.74) is 1.12. The maximum Gasteiger partial charge on any atom is 0.251 e. The zero-order valence-corrected chi connectivity index (χ0v) is 12.3. The number of hydrogen-bond donors (Lipinski definition) is 1. The van der Waals surface area contributed by atoms with Crippen molar-refractivity contribution in [3.8, 4) is 11.8 Å². The molecule has 0 bridgehead atoms. The van der Waals surface area contributed by atoms with Crippen molar-refractivity contribution in [2.24, 2.45) is 0 Å². The second-order valence-electron chi connectivity index (χ2n) is 4.81. The summed E-state index contributed by atoms with van der Waals surface area (Å²) in [6.45, 7) is 1.24. The molecular weight excluding hydrogens is 276 g/mol. The second-order valence-corrected chi connectivity index (χ2v) is 4.81.